The lowest BCUT2D eigenvalue weighted by atomic mass is 10.0. The summed E-state index contributed by atoms with van der Waals surface area (Å²) >= 11 is 0. The lowest BCUT2D eigenvalue weighted by Crippen LogP contribution is -2.50. The maximum atomic E-state index is 13.8. The maximum absolute atomic E-state index is 13.8. The van der Waals surface area contributed by atoms with Crippen LogP contribution in [0.4, 0.5) is 10.2 Å². The number of halogens is 1. The largest absolute Gasteiger partial charge is 0.492 e. The quantitative estimate of drug-likeness (QED) is 0.683. The summed E-state index contributed by atoms with van der Waals surface area (Å²) in [5, 5.41) is 1.88. The summed E-state index contributed by atoms with van der Waals surface area (Å²) in [7, 11) is 0. The second-order valence-corrected chi connectivity index (χ2v) is 8.49. The fraction of sp³-hybridized carbons (Fsp3) is 0.417. The predicted octanol–water partition coefficient (Wildman–Crippen LogP) is 2.79. The average Bonchev–Trinajstić information content (AvgIpc) is 2.79. The Morgan fingerprint density at radius 3 is 2.84 bits per heavy atom. The monoisotopic (exact) mass is 421 g/mol. The number of piperazine rings is 1. The third-order valence-electron chi connectivity index (χ3n) is 6.20. The van der Waals surface area contributed by atoms with E-state index in [-0.39, 0.29) is 11.9 Å². The van der Waals surface area contributed by atoms with Crippen molar-refractivity contribution < 1.29 is 9.13 Å². The Morgan fingerprint density at radius 2 is 1.97 bits per heavy atom. The highest BCUT2D eigenvalue weighted by atomic mass is 19.1. The van der Waals surface area contributed by atoms with Gasteiger partial charge in [-0.3, -0.25) is 9.88 Å². The number of nitrogens with two attached hydrogens (primary N) is 1. The zero-order valence-electron chi connectivity index (χ0n) is 17.6. The van der Waals surface area contributed by atoms with Crippen LogP contribution < -0.4 is 15.4 Å². The van der Waals surface area contributed by atoms with Crippen molar-refractivity contribution in [2.75, 3.05) is 44.2 Å². The molecule has 5 rings (SSSR count). The summed E-state index contributed by atoms with van der Waals surface area (Å²) < 4.78 is 19.4. The molecule has 1 atom stereocenters. The molecule has 1 fully saturated rings. The molecule has 1 unspecified atom stereocenters. The van der Waals surface area contributed by atoms with Crippen molar-refractivity contribution >= 4 is 16.6 Å². The number of nitrogens with zero attached hydrogens (tertiary/aromatic N) is 4. The molecular weight excluding hydrogens is 393 g/mol. The minimum Gasteiger partial charge on any atom is -0.492 e. The second-order valence-electron chi connectivity index (χ2n) is 8.49. The molecular formula is C24H28FN5O. The van der Waals surface area contributed by atoms with Gasteiger partial charge in [0.2, 0.25) is 0 Å². The van der Waals surface area contributed by atoms with Crippen LogP contribution in [0.3, 0.4) is 0 Å². The normalized spacial score (nSPS) is 17.9. The number of hydrogen-bond donors (Lipinski definition) is 1. The van der Waals surface area contributed by atoms with Crippen LogP contribution in [0.15, 0.2) is 42.7 Å². The van der Waals surface area contributed by atoms with Crippen LogP contribution in [0, 0.1) is 5.82 Å². The first-order valence-electron chi connectivity index (χ1n) is 11.0. The van der Waals surface area contributed by atoms with E-state index in [1.807, 2.05) is 18.3 Å². The second kappa shape index (κ2) is 8.77. The highest BCUT2D eigenvalue weighted by molar-refractivity contribution is 5.92. The summed E-state index contributed by atoms with van der Waals surface area (Å²) in [6.07, 6.45) is 6.51. The number of benzene rings is 1. The molecule has 31 heavy (non-hydrogen) atoms. The number of pyridine rings is 2. The summed E-state index contributed by atoms with van der Waals surface area (Å²) in [4.78, 5) is 13.7. The fourth-order valence-corrected chi connectivity index (χ4v) is 4.60. The van der Waals surface area contributed by atoms with Crippen LogP contribution in [0.2, 0.25) is 0 Å². The average molecular weight is 422 g/mol. The van der Waals surface area contributed by atoms with Gasteiger partial charge < -0.3 is 15.4 Å². The van der Waals surface area contributed by atoms with E-state index in [2.05, 4.69) is 25.8 Å². The Kier molecular flexibility index (Phi) is 5.70. The van der Waals surface area contributed by atoms with Gasteiger partial charge in [-0.05, 0) is 48.1 Å². The highest BCUT2D eigenvalue weighted by Crippen LogP contribution is 2.26. The van der Waals surface area contributed by atoms with Crippen molar-refractivity contribution in [3.05, 3.63) is 59.8 Å². The van der Waals surface area contributed by atoms with Gasteiger partial charge in [0.15, 0.2) is 0 Å². The Hall–Kier alpha value is -2.77. The van der Waals surface area contributed by atoms with E-state index in [0.717, 1.165) is 86.6 Å². The van der Waals surface area contributed by atoms with Gasteiger partial charge in [0.05, 0.1) is 12.8 Å². The number of hydrogen-bond acceptors (Lipinski definition) is 6. The van der Waals surface area contributed by atoms with Crippen molar-refractivity contribution in [3.8, 4) is 5.75 Å². The summed E-state index contributed by atoms with van der Waals surface area (Å²) in [6, 6.07) is 9.00. The van der Waals surface area contributed by atoms with Gasteiger partial charge in [-0.2, -0.15) is 0 Å². The Balaban J connectivity index is 1.18. The van der Waals surface area contributed by atoms with Gasteiger partial charge >= 0.3 is 0 Å². The van der Waals surface area contributed by atoms with Crippen molar-refractivity contribution in [1.29, 1.82) is 0 Å². The minimum atomic E-state index is -0.228. The number of anilines is 1. The van der Waals surface area contributed by atoms with E-state index in [0.29, 0.717) is 0 Å². The van der Waals surface area contributed by atoms with Crippen LogP contribution in [0.25, 0.3) is 10.8 Å². The predicted molar refractivity (Wildman–Crippen MR) is 120 cm³/mol. The number of aromatic nitrogens is 2. The third kappa shape index (κ3) is 4.48. The first-order chi connectivity index (χ1) is 15.2. The Bertz CT molecular complexity index is 1070. The van der Waals surface area contributed by atoms with Crippen LogP contribution in [0.5, 0.6) is 5.75 Å². The number of aryl methyl sites for hydroxylation is 1. The van der Waals surface area contributed by atoms with Gasteiger partial charge in [0.25, 0.3) is 0 Å². The molecule has 6 nitrogen and oxygen atoms in total. The first-order valence-corrected chi connectivity index (χ1v) is 11.0. The van der Waals surface area contributed by atoms with E-state index in [1.165, 1.54) is 11.6 Å². The van der Waals surface area contributed by atoms with Crippen molar-refractivity contribution in [2.24, 2.45) is 5.73 Å². The zero-order chi connectivity index (χ0) is 21.2. The topological polar surface area (TPSA) is 67.5 Å². The zero-order valence-corrected chi connectivity index (χ0v) is 17.6. The summed E-state index contributed by atoms with van der Waals surface area (Å²) in [5.41, 5.74) is 8.75. The molecule has 2 aliphatic rings. The molecule has 0 bridgehead atoms. The number of fused-ring (bicyclic) bond motifs is 2. The van der Waals surface area contributed by atoms with Crippen molar-refractivity contribution in [1.82, 2.24) is 14.9 Å². The number of ether oxygens (including phenoxy) is 1. The van der Waals surface area contributed by atoms with E-state index in [9.17, 15) is 4.39 Å². The lowest BCUT2D eigenvalue weighted by Gasteiger charge is -2.36. The molecule has 4 heterocycles. The van der Waals surface area contributed by atoms with Gasteiger partial charge in [-0.15, -0.1) is 0 Å². The lowest BCUT2D eigenvalue weighted by molar-refractivity contribution is 0.241. The van der Waals surface area contributed by atoms with Gasteiger partial charge in [-0.1, -0.05) is 6.07 Å². The van der Waals surface area contributed by atoms with Gasteiger partial charge in [-0.25, -0.2) is 9.37 Å². The maximum Gasteiger partial charge on any atom is 0.140 e. The SMILES string of the molecule is NC(Cc1cc2c(cn1)OCCC2)CN1CCN(c2nccc3ccc(F)cc23)CC1. The van der Waals surface area contributed by atoms with Crippen molar-refractivity contribution in [2.45, 2.75) is 25.3 Å². The molecule has 7 heteroatoms. The third-order valence-corrected chi connectivity index (χ3v) is 6.20. The molecule has 162 valence electrons. The van der Waals surface area contributed by atoms with Crippen LogP contribution in [0.1, 0.15) is 17.7 Å². The van der Waals surface area contributed by atoms with Gasteiger partial charge in [0.1, 0.15) is 17.4 Å². The molecule has 0 saturated carbocycles. The van der Waals surface area contributed by atoms with Crippen molar-refractivity contribution in [3.63, 3.8) is 0 Å². The van der Waals surface area contributed by atoms with E-state index in [4.69, 9.17) is 10.5 Å². The molecule has 0 aliphatic carbocycles. The molecule has 3 aromatic rings. The molecule has 1 saturated heterocycles. The smallest absolute Gasteiger partial charge is 0.140 e. The molecule has 2 aliphatic heterocycles. The first kappa shape index (κ1) is 20.2. The molecule has 0 spiro atoms. The van der Waals surface area contributed by atoms with E-state index < -0.39 is 0 Å². The Morgan fingerprint density at radius 1 is 1.10 bits per heavy atom. The highest BCUT2D eigenvalue weighted by Gasteiger charge is 2.22. The molecule has 2 N–H and O–H groups in total. The van der Waals surface area contributed by atoms with Crippen LogP contribution in [-0.4, -0.2) is 60.2 Å². The molecule has 1 aromatic carbocycles. The standard InChI is InChI=1S/C24H28FN5O/c25-19-4-3-17-5-6-27-24(22(17)13-19)30-9-7-29(8-10-30)16-20(26)14-21-12-18-2-1-11-31-23(18)15-28-21/h3-6,12-13,15,20H,1-2,7-11,14,16,26H2. The summed E-state index contributed by atoms with van der Waals surface area (Å²) in [6.45, 7) is 5.14. The van der Waals surface area contributed by atoms with Crippen LogP contribution >= 0.6 is 0 Å². The minimum absolute atomic E-state index is 0.0337. The molecule has 2 aromatic heterocycles. The number of rotatable bonds is 5. The van der Waals surface area contributed by atoms with Gasteiger partial charge in [0, 0.05) is 62.5 Å². The summed E-state index contributed by atoms with van der Waals surface area (Å²) in [5.74, 6) is 1.55. The Labute approximate surface area is 181 Å². The molecule has 0 radical (unpaired) electrons. The van der Waals surface area contributed by atoms with E-state index >= 15 is 0 Å². The fourth-order valence-electron chi connectivity index (χ4n) is 4.60. The van der Waals surface area contributed by atoms with Crippen LogP contribution in [-0.2, 0) is 12.8 Å². The molecule has 0 amide bonds. The van der Waals surface area contributed by atoms with E-state index in [1.54, 1.807) is 12.3 Å².